The molecule has 6 heteroatoms. The number of anilines is 1. The number of nitrogens with zero attached hydrogens (tertiary/aromatic N) is 1. The largest absolute Gasteiger partial charge is 0.349 e. The average Bonchev–Trinajstić information content (AvgIpc) is 3.08. The lowest BCUT2D eigenvalue weighted by Crippen LogP contribution is -2.39. The summed E-state index contributed by atoms with van der Waals surface area (Å²) >= 11 is 0. The number of benzene rings is 1. The number of hydrogen-bond acceptors (Lipinski definition) is 3. The molecule has 0 spiro atoms. The standard InChI is InChI=1S/C17H24N2O3S/c1-11-14(5-4-6-16(11)19(2)23(3,21)22)17(20)18-15-10-12-7-8-13(15)9-12/h4-6,12-13,15H,7-10H2,1-3H3,(H,18,20)/t12-,13-,15-/m0/s1. The molecule has 0 aromatic heterocycles. The summed E-state index contributed by atoms with van der Waals surface area (Å²) in [6.07, 6.45) is 5.99. The minimum atomic E-state index is -3.35. The summed E-state index contributed by atoms with van der Waals surface area (Å²) in [5.41, 5.74) is 1.80. The molecule has 3 atom stereocenters. The monoisotopic (exact) mass is 336 g/mol. The molecule has 0 saturated heterocycles. The number of fused-ring (bicyclic) bond motifs is 2. The highest BCUT2D eigenvalue weighted by Gasteiger charge is 2.40. The van der Waals surface area contributed by atoms with Gasteiger partial charge in [0.15, 0.2) is 0 Å². The van der Waals surface area contributed by atoms with E-state index in [0.29, 0.717) is 22.7 Å². The summed E-state index contributed by atoms with van der Waals surface area (Å²) in [6, 6.07) is 5.50. The van der Waals surface area contributed by atoms with E-state index in [4.69, 9.17) is 0 Å². The van der Waals surface area contributed by atoms with Gasteiger partial charge >= 0.3 is 0 Å². The van der Waals surface area contributed by atoms with E-state index in [-0.39, 0.29) is 11.9 Å². The maximum atomic E-state index is 12.6. The highest BCUT2D eigenvalue weighted by atomic mass is 32.2. The van der Waals surface area contributed by atoms with Gasteiger partial charge in [0.1, 0.15) is 0 Å². The van der Waals surface area contributed by atoms with Crippen molar-refractivity contribution in [3.63, 3.8) is 0 Å². The van der Waals surface area contributed by atoms with Crippen LogP contribution in [0.3, 0.4) is 0 Å². The molecule has 126 valence electrons. The molecule has 2 saturated carbocycles. The molecule has 3 rings (SSSR count). The first-order chi connectivity index (χ1) is 10.8. The van der Waals surface area contributed by atoms with Crippen LogP contribution in [-0.4, -0.2) is 33.7 Å². The van der Waals surface area contributed by atoms with E-state index in [9.17, 15) is 13.2 Å². The second-order valence-electron chi connectivity index (χ2n) is 6.94. The lowest BCUT2D eigenvalue weighted by atomic mass is 9.95. The molecule has 5 nitrogen and oxygen atoms in total. The van der Waals surface area contributed by atoms with E-state index in [1.807, 2.05) is 0 Å². The van der Waals surface area contributed by atoms with Crippen LogP contribution >= 0.6 is 0 Å². The Labute approximate surface area is 138 Å². The zero-order valence-corrected chi connectivity index (χ0v) is 14.7. The summed E-state index contributed by atoms with van der Waals surface area (Å²) in [5.74, 6) is 1.30. The van der Waals surface area contributed by atoms with Crippen LogP contribution in [0, 0.1) is 18.8 Å². The molecule has 0 heterocycles. The summed E-state index contributed by atoms with van der Waals surface area (Å²) in [7, 11) is -1.84. The average molecular weight is 336 g/mol. The van der Waals surface area contributed by atoms with Crippen LogP contribution in [0.15, 0.2) is 18.2 Å². The predicted molar refractivity (Wildman–Crippen MR) is 91.1 cm³/mol. The molecule has 2 bridgehead atoms. The molecular formula is C17H24N2O3S. The van der Waals surface area contributed by atoms with E-state index in [1.54, 1.807) is 25.1 Å². The fourth-order valence-corrected chi connectivity index (χ4v) is 4.61. The number of hydrogen-bond donors (Lipinski definition) is 1. The van der Waals surface area contributed by atoms with E-state index in [1.165, 1.54) is 30.6 Å². The van der Waals surface area contributed by atoms with Gasteiger partial charge in [0.05, 0.1) is 11.9 Å². The number of nitrogens with one attached hydrogen (secondary N) is 1. The first-order valence-electron chi connectivity index (χ1n) is 8.11. The van der Waals surface area contributed by atoms with Crippen molar-refractivity contribution >= 4 is 21.6 Å². The minimum Gasteiger partial charge on any atom is -0.349 e. The zero-order chi connectivity index (χ0) is 16.8. The molecule has 1 N–H and O–H groups in total. The van der Waals surface area contributed by atoms with E-state index in [0.717, 1.165) is 18.6 Å². The number of carbonyl (C=O) groups is 1. The Balaban J connectivity index is 1.81. The van der Waals surface area contributed by atoms with Crippen molar-refractivity contribution in [1.82, 2.24) is 5.32 Å². The predicted octanol–water partition coefficient (Wildman–Crippen LogP) is 2.31. The van der Waals surface area contributed by atoms with Gasteiger partial charge in [-0.05, 0) is 55.7 Å². The van der Waals surface area contributed by atoms with Gasteiger partial charge in [0, 0.05) is 18.7 Å². The van der Waals surface area contributed by atoms with Gasteiger partial charge in [0.25, 0.3) is 5.91 Å². The third-order valence-electron chi connectivity index (χ3n) is 5.44. The Morgan fingerprint density at radius 2 is 2.00 bits per heavy atom. The Morgan fingerprint density at radius 3 is 2.57 bits per heavy atom. The second-order valence-corrected chi connectivity index (χ2v) is 8.95. The Bertz CT molecular complexity index is 729. The topological polar surface area (TPSA) is 66.5 Å². The summed E-state index contributed by atoms with van der Waals surface area (Å²) < 4.78 is 24.7. The molecule has 1 aromatic carbocycles. The summed E-state index contributed by atoms with van der Waals surface area (Å²) in [5, 5.41) is 3.17. The molecule has 0 unspecified atom stereocenters. The van der Waals surface area contributed by atoms with Gasteiger partial charge in [-0.1, -0.05) is 12.5 Å². The molecule has 1 amide bonds. The molecule has 2 aliphatic carbocycles. The molecule has 0 radical (unpaired) electrons. The van der Waals surface area contributed by atoms with Crippen LogP contribution in [0.5, 0.6) is 0 Å². The number of sulfonamides is 1. The molecule has 0 aliphatic heterocycles. The van der Waals surface area contributed by atoms with Crippen LogP contribution < -0.4 is 9.62 Å². The highest BCUT2D eigenvalue weighted by Crippen LogP contribution is 2.44. The summed E-state index contributed by atoms with van der Waals surface area (Å²) in [4.78, 5) is 12.6. The second kappa shape index (κ2) is 5.82. The maximum Gasteiger partial charge on any atom is 0.251 e. The first-order valence-corrected chi connectivity index (χ1v) is 9.96. The molecular weight excluding hydrogens is 312 g/mol. The molecule has 1 aromatic rings. The van der Waals surface area contributed by atoms with Gasteiger partial charge in [-0.2, -0.15) is 0 Å². The van der Waals surface area contributed by atoms with Crippen molar-refractivity contribution in [3.8, 4) is 0 Å². The number of amides is 1. The van der Waals surface area contributed by atoms with Gasteiger partial charge in [-0.15, -0.1) is 0 Å². The van der Waals surface area contributed by atoms with Crippen LogP contribution in [0.2, 0.25) is 0 Å². The third-order valence-corrected chi connectivity index (χ3v) is 6.63. The maximum absolute atomic E-state index is 12.6. The van der Waals surface area contributed by atoms with Crippen molar-refractivity contribution < 1.29 is 13.2 Å². The van der Waals surface area contributed by atoms with E-state index in [2.05, 4.69) is 5.32 Å². The van der Waals surface area contributed by atoms with Crippen molar-refractivity contribution in [1.29, 1.82) is 0 Å². The quantitative estimate of drug-likeness (QED) is 0.917. The van der Waals surface area contributed by atoms with Crippen molar-refractivity contribution in [2.75, 3.05) is 17.6 Å². The fourth-order valence-electron chi connectivity index (χ4n) is 4.06. The Morgan fingerprint density at radius 1 is 1.26 bits per heavy atom. The lowest BCUT2D eigenvalue weighted by Gasteiger charge is -2.24. The number of rotatable bonds is 4. The molecule has 2 fully saturated rings. The smallest absolute Gasteiger partial charge is 0.251 e. The van der Waals surface area contributed by atoms with E-state index >= 15 is 0 Å². The SMILES string of the molecule is Cc1c(C(=O)N[C@H]2C[C@H]3CC[C@H]2C3)cccc1N(C)S(C)(=O)=O. The van der Waals surface area contributed by atoms with Crippen molar-refractivity contribution in [2.24, 2.45) is 11.8 Å². The van der Waals surface area contributed by atoms with Crippen LogP contribution in [0.25, 0.3) is 0 Å². The Hall–Kier alpha value is -1.56. The van der Waals surface area contributed by atoms with Crippen LogP contribution in [0.1, 0.15) is 41.6 Å². The van der Waals surface area contributed by atoms with Gasteiger partial charge in [-0.25, -0.2) is 8.42 Å². The normalized spacial score (nSPS) is 26.3. The van der Waals surface area contributed by atoms with Crippen LogP contribution in [0.4, 0.5) is 5.69 Å². The Kier molecular flexibility index (Phi) is 4.12. The first kappa shape index (κ1) is 16.3. The zero-order valence-electron chi connectivity index (χ0n) is 13.9. The minimum absolute atomic E-state index is 0.0937. The van der Waals surface area contributed by atoms with Crippen molar-refractivity contribution in [3.05, 3.63) is 29.3 Å². The van der Waals surface area contributed by atoms with Crippen LogP contribution in [-0.2, 0) is 10.0 Å². The van der Waals surface area contributed by atoms with Gasteiger partial charge < -0.3 is 5.32 Å². The van der Waals surface area contributed by atoms with E-state index < -0.39 is 10.0 Å². The fraction of sp³-hybridized carbons (Fsp3) is 0.588. The third kappa shape index (κ3) is 3.09. The number of carbonyl (C=O) groups excluding carboxylic acids is 1. The molecule has 2 aliphatic rings. The lowest BCUT2D eigenvalue weighted by molar-refractivity contribution is 0.0922. The highest BCUT2D eigenvalue weighted by molar-refractivity contribution is 7.92. The van der Waals surface area contributed by atoms with Gasteiger partial charge in [-0.3, -0.25) is 9.10 Å². The summed E-state index contributed by atoms with van der Waals surface area (Å²) in [6.45, 7) is 1.80. The van der Waals surface area contributed by atoms with Crippen molar-refractivity contribution in [2.45, 2.75) is 38.6 Å². The van der Waals surface area contributed by atoms with Gasteiger partial charge in [0.2, 0.25) is 10.0 Å². The molecule has 23 heavy (non-hydrogen) atoms.